The zero-order valence-electron chi connectivity index (χ0n) is 12.0. The number of nitrogens with one attached hydrogen (secondary N) is 1. The van der Waals surface area contributed by atoms with E-state index in [1.54, 1.807) is 0 Å². The van der Waals surface area contributed by atoms with E-state index in [1.807, 2.05) is 37.3 Å². The van der Waals surface area contributed by atoms with Gasteiger partial charge >= 0.3 is 0 Å². The molecule has 0 atom stereocenters. The predicted molar refractivity (Wildman–Crippen MR) is 89.2 cm³/mol. The van der Waals surface area contributed by atoms with Crippen LogP contribution in [0.25, 0.3) is 0 Å². The van der Waals surface area contributed by atoms with Crippen LogP contribution in [0.3, 0.4) is 0 Å². The van der Waals surface area contributed by atoms with E-state index in [1.165, 1.54) is 5.56 Å². The summed E-state index contributed by atoms with van der Waals surface area (Å²) in [6, 6.07) is 13.8. The molecule has 0 aromatic heterocycles. The molecule has 0 fully saturated rings. The molecule has 1 amide bonds. The number of aryl methyl sites for hydroxylation is 1. The summed E-state index contributed by atoms with van der Waals surface area (Å²) >= 11 is 3.44. The number of halogens is 1. The first kappa shape index (κ1) is 15.7. The van der Waals surface area contributed by atoms with Gasteiger partial charge in [-0.2, -0.15) is 0 Å². The fourth-order valence-corrected chi connectivity index (χ4v) is 2.39. The highest BCUT2D eigenvalue weighted by molar-refractivity contribution is 9.10. The van der Waals surface area contributed by atoms with Gasteiger partial charge in [-0.05, 0) is 48.7 Å². The Morgan fingerprint density at radius 1 is 1.14 bits per heavy atom. The number of benzene rings is 2. The van der Waals surface area contributed by atoms with Crippen LogP contribution in [-0.2, 0) is 13.0 Å². The Labute approximate surface area is 133 Å². The molecule has 0 radical (unpaired) electrons. The Hall–Kier alpha value is -1.65. The summed E-state index contributed by atoms with van der Waals surface area (Å²) in [5, 5.41) is 2.93. The molecule has 2 rings (SSSR count). The Kier molecular flexibility index (Phi) is 5.53. The molecule has 2 aromatic carbocycles. The molecule has 4 heteroatoms. The van der Waals surface area contributed by atoms with Crippen molar-refractivity contribution in [3.8, 4) is 0 Å². The van der Waals surface area contributed by atoms with Gasteiger partial charge < -0.3 is 11.1 Å². The Bertz CT molecular complexity index is 623. The lowest BCUT2D eigenvalue weighted by atomic mass is 10.1. The number of amides is 1. The molecule has 0 aliphatic heterocycles. The second kappa shape index (κ2) is 7.38. The summed E-state index contributed by atoms with van der Waals surface area (Å²) in [7, 11) is 0. The molecular formula is C17H19BrN2O. The first-order chi connectivity index (χ1) is 10.1. The highest BCUT2D eigenvalue weighted by Crippen LogP contribution is 2.17. The van der Waals surface area contributed by atoms with Crippen LogP contribution in [0.1, 0.15) is 27.0 Å². The SMILES string of the molecule is Cc1ccc(C(=O)NCc2ccc(CCN)cc2)cc1Br. The van der Waals surface area contributed by atoms with Gasteiger partial charge in [0.1, 0.15) is 0 Å². The second-order valence-corrected chi connectivity index (χ2v) is 5.86. The number of nitrogens with two attached hydrogens (primary N) is 1. The number of hydrogen-bond acceptors (Lipinski definition) is 2. The van der Waals surface area contributed by atoms with Gasteiger partial charge in [-0.15, -0.1) is 0 Å². The molecule has 3 N–H and O–H groups in total. The topological polar surface area (TPSA) is 55.1 Å². The molecular weight excluding hydrogens is 328 g/mol. The van der Waals surface area contributed by atoms with Gasteiger partial charge in [-0.25, -0.2) is 0 Å². The molecule has 0 aliphatic carbocycles. The lowest BCUT2D eigenvalue weighted by Gasteiger charge is -2.07. The highest BCUT2D eigenvalue weighted by Gasteiger charge is 2.06. The molecule has 110 valence electrons. The van der Waals surface area contributed by atoms with Crippen molar-refractivity contribution in [1.29, 1.82) is 0 Å². The largest absolute Gasteiger partial charge is 0.348 e. The van der Waals surface area contributed by atoms with Crippen molar-refractivity contribution in [2.24, 2.45) is 5.73 Å². The maximum atomic E-state index is 12.1. The highest BCUT2D eigenvalue weighted by atomic mass is 79.9. The minimum atomic E-state index is -0.0678. The van der Waals surface area contributed by atoms with E-state index >= 15 is 0 Å². The van der Waals surface area contributed by atoms with Crippen molar-refractivity contribution in [3.05, 3.63) is 69.2 Å². The summed E-state index contributed by atoms with van der Waals surface area (Å²) in [5.41, 5.74) is 9.59. The molecule has 0 spiro atoms. The monoisotopic (exact) mass is 346 g/mol. The molecule has 0 saturated heterocycles. The Morgan fingerprint density at radius 2 is 1.81 bits per heavy atom. The second-order valence-electron chi connectivity index (χ2n) is 5.00. The fourth-order valence-electron chi connectivity index (χ4n) is 2.01. The van der Waals surface area contributed by atoms with E-state index in [0.717, 1.165) is 22.0 Å². The third kappa shape index (κ3) is 4.41. The summed E-state index contributed by atoms with van der Waals surface area (Å²) in [4.78, 5) is 12.1. The van der Waals surface area contributed by atoms with E-state index in [9.17, 15) is 4.79 Å². The van der Waals surface area contributed by atoms with Crippen LogP contribution in [0.2, 0.25) is 0 Å². The normalized spacial score (nSPS) is 10.4. The third-order valence-electron chi connectivity index (χ3n) is 3.34. The predicted octanol–water partition coefficient (Wildman–Crippen LogP) is 3.19. The average Bonchev–Trinajstić information content (AvgIpc) is 2.49. The van der Waals surface area contributed by atoms with E-state index in [4.69, 9.17) is 5.73 Å². The quantitative estimate of drug-likeness (QED) is 0.873. The molecule has 21 heavy (non-hydrogen) atoms. The summed E-state index contributed by atoms with van der Waals surface area (Å²) in [5.74, 6) is -0.0678. The molecule has 3 nitrogen and oxygen atoms in total. The van der Waals surface area contributed by atoms with E-state index in [2.05, 4.69) is 33.4 Å². The summed E-state index contributed by atoms with van der Waals surface area (Å²) in [6.45, 7) is 3.17. The number of carbonyl (C=O) groups is 1. The maximum Gasteiger partial charge on any atom is 0.251 e. The van der Waals surface area contributed by atoms with Crippen LogP contribution < -0.4 is 11.1 Å². The molecule has 0 heterocycles. The molecule has 0 unspecified atom stereocenters. The van der Waals surface area contributed by atoms with Crippen LogP contribution in [0, 0.1) is 6.92 Å². The minimum absolute atomic E-state index is 0.0678. The minimum Gasteiger partial charge on any atom is -0.348 e. The van der Waals surface area contributed by atoms with Crippen LogP contribution in [0.4, 0.5) is 0 Å². The fraction of sp³-hybridized carbons (Fsp3) is 0.235. The average molecular weight is 347 g/mol. The number of rotatable bonds is 5. The lowest BCUT2D eigenvalue weighted by molar-refractivity contribution is 0.0951. The van der Waals surface area contributed by atoms with Crippen molar-refractivity contribution in [3.63, 3.8) is 0 Å². The van der Waals surface area contributed by atoms with Crippen LogP contribution in [0.15, 0.2) is 46.9 Å². The molecule has 0 saturated carbocycles. The van der Waals surface area contributed by atoms with Gasteiger partial charge in [-0.1, -0.05) is 46.3 Å². The summed E-state index contributed by atoms with van der Waals surface area (Å²) in [6.07, 6.45) is 0.879. The van der Waals surface area contributed by atoms with Gasteiger partial charge in [0, 0.05) is 16.6 Å². The third-order valence-corrected chi connectivity index (χ3v) is 4.20. The zero-order valence-corrected chi connectivity index (χ0v) is 13.6. The van der Waals surface area contributed by atoms with Crippen molar-refractivity contribution in [2.45, 2.75) is 19.9 Å². The first-order valence-corrected chi connectivity index (χ1v) is 7.71. The van der Waals surface area contributed by atoms with E-state index in [0.29, 0.717) is 18.7 Å². The van der Waals surface area contributed by atoms with Crippen molar-refractivity contribution < 1.29 is 4.79 Å². The lowest BCUT2D eigenvalue weighted by Crippen LogP contribution is -2.22. The van der Waals surface area contributed by atoms with Crippen molar-refractivity contribution in [1.82, 2.24) is 5.32 Å². The first-order valence-electron chi connectivity index (χ1n) is 6.92. The Morgan fingerprint density at radius 3 is 2.43 bits per heavy atom. The van der Waals surface area contributed by atoms with Gasteiger partial charge in [0.15, 0.2) is 0 Å². The van der Waals surface area contributed by atoms with Crippen LogP contribution in [0.5, 0.6) is 0 Å². The summed E-state index contributed by atoms with van der Waals surface area (Å²) < 4.78 is 0.946. The van der Waals surface area contributed by atoms with Crippen LogP contribution >= 0.6 is 15.9 Å². The van der Waals surface area contributed by atoms with Gasteiger partial charge in [0.05, 0.1) is 0 Å². The Balaban J connectivity index is 1.95. The standard InChI is InChI=1S/C17H19BrN2O/c1-12-2-7-15(10-16(12)18)17(21)20-11-14-5-3-13(4-6-14)8-9-19/h2-7,10H,8-9,11,19H2,1H3,(H,20,21). The van der Waals surface area contributed by atoms with E-state index in [-0.39, 0.29) is 5.91 Å². The van der Waals surface area contributed by atoms with Gasteiger partial charge in [0.2, 0.25) is 0 Å². The molecule has 2 aromatic rings. The smallest absolute Gasteiger partial charge is 0.251 e. The van der Waals surface area contributed by atoms with Gasteiger partial charge in [0.25, 0.3) is 5.91 Å². The molecule has 0 aliphatic rings. The number of carbonyl (C=O) groups excluding carboxylic acids is 1. The maximum absolute atomic E-state index is 12.1. The molecule has 0 bridgehead atoms. The van der Waals surface area contributed by atoms with E-state index < -0.39 is 0 Å². The van der Waals surface area contributed by atoms with Crippen LogP contribution in [-0.4, -0.2) is 12.5 Å². The number of hydrogen-bond donors (Lipinski definition) is 2. The van der Waals surface area contributed by atoms with Gasteiger partial charge in [-0.3, -0.25) is 4.79 Å². The van der Waals surface area contributed by atoms with Crippen molar-refractivity contribution in [2.75, 3.05) is 6.54 Å². The van der Waals surface area contributed by atoms with Crippen molar-refractivity contribution >= 4 is 21.8 Å². The zero-order chi connectivity index (χ0) is 15.2.